The van der Waals surface area contributed by atoms with Crippen LogP contribution in [-0.2, 0) is 4.79 Å². The van der Waals surface area contributed by atoms with Gasteiger partial charge < -0.3 is 4.74 Å². The number of benzene rings is 2. The molecule has 4 nitrogen and oxygen atoms in total. The summed E-state index contributed by atoms with van der Waals surface area (Å²) in [6, 6.07) is 8.15. The summed E-state index contributed by atoms with van der Waals surface area (Å²) in [6.45, 7) is 3.19. The lowest BCUT2D eigenvalue weighted by Crippen LogP contribution is -2.43. The molecular formula is C18H19F3N2O2. The van der Waals surface area contributed by atoms with Gasteiger partial charge in [0.05, 0.1) is 12.5 Å². The van der Waals surface area contributed by atoms with E-state index >= 15 is 0 Å². The minimum absolute atomic E-state index is 0.0216. The largest absolute Gasteiger partial charge is 0.496 e. The lowest BCUT2D eigenvalue weighted by Gasteiger charge is -2.31. The van der Waals surface area contributed by atoms with E-state index in [1.165, 1.54) is 13.2 Å². The molecule has 1 fully saturated rings. The fraction of sp³-hybridized carbons (Fsp3) is 0.389. The molecule has 0 aliphatic carbocycles. The van der Waals surface area contributed by atoms with Crippen molar-refractivity contribution in [1.82, 2.24) is 10.4 Å². The van der Waals surface area contributed by atoms with E-state index in [2.05, 4.69) is 5.43 Å². The minimum atomic E-state index is -4.58. The molecule has 1 atom stereocenters. The number of carbonyl (C=O) groups is 1. The van der Waals surface area contributed by atoms with E-state index in [0.717, 1.165) is 10.4 Å². The molecule has 2 aromatic carbocycles. The molecule has 7 heteroatoms. The third-order valence-electron chi connectivity index (χ3n) is 4.46. The zero-order valence-electron chi connectivity index (χ0n) is 14.1. The summed E-state index contributed by atoms with van der Waals surface area (Å²) in [5.74, 6) is -0.263. The highest BCUT2D eigenvalue weighted by molar-refractivity contribution is 5.90. The Labute approximate surface area is 143 Å². The maximum absolute atomic E-state index is 13.9. The SMILES string of the molecule is COc1c([C@H](N2CC(C)(C)C(=O)N2)C(F)(F)F)ccc2ccccc12. The molecule has 2 aromatic rings. The van der Waals surface area contributed by atoms with Gasteiger partial charge in [-0.05, 0) is 19.2 Å². The van der Waals surface area contributed by atoms with Gasteiger partial charge in [0.25, 0.3) is 0 Å². The van der Waals surface area contributed by atoms with Crippen molar-refractivity contribution in [2.24, 2.45) is 5.41 Å². The predicted molar refractivity (Wildman–Crippen MR) is 87.9 cm³/mol. The van der Waals surface area contributed by atoms with E-state index in [1.807, 2.05) is 12.1 Å². The molecule has 1 heterocycles. The number of nitrogens with zero attached hydrogens (tertiary/aromatic N) is 1. The first-order valence-corrected chi connectivity index (χ1v) is 7.85. The number of hydrazine groups is 1. The summed E-state index contributed by atoms with van der Waals surface area (Å²) >= 11 is 0. The highest BCUT2D eigenvalue weighted by atomic mass is 19.4. The van der Waals surface area contributed by atoms with Gasteiger partial charge in [-0.25, -0.2) is 5.01 Å². The van der Waals surface area contributed by atoms with Crippen LogP contribution in [0.15, 0.2) is 36.4 Å². The van der Waals surface area contributed by atoms with Crippen molar-refractivity contribution in [3.05, 3.63) is 42.0 Å². The Kier molecular flexibility index (Phi) is 4.15. The summed E-state index contributed by atoms with van der Waals surface area (Å²) < 4.78 is 47.0. The molecule has 1 aliphatic heterocycles. The Bertz CT molecular complexity index is 818. The monoisotopic (exact) mass is 352 g/mol. The molecule has 0 saturated carbocycles. The van der Waals surface area contributed by atoms with E-state index in [0.29, 0.717) is 5.39 Å². The average Bonchev–Trinajstić information content (AvgIpc) is 2.78. The van der Waals surface area contributed by atoms with Crippen molar-refractivity contribution < 1.29 is 22.7 Å². The number of ether oxygens (including phenoxy) is 1. The molecule has 1 aliphatic rings. The van der Waals surface area contributed by atoms with E-state index in [1.54, 1.807) is 32.0 Å². The molecule has 1 N–H and O–H groups in total. The Morgan fingerprint density at radius 2 is 1.88 bits per heavy atom. The van der Waals surface area contributed by atoms with Crippen LogP contribution >= 0.6 is 0 Å². The topological polar surface area (TPSA) is 41.6 Å². The molecule has 134 valence electrons. The van der Waals surface area contributed by atoms with Crippen LogP contribution in [-0.4, -0.2) is 30.7 Å². The van der Waals surface area contributed by atoms with Gasteiger partial charge in [0.15, 0.2) is 6.04 Å². The first-order chi connectivity index (χ1) is 11.6. The summed E-state index contributed by atoms with van der Waals surface area (Å²) in [6.07, 6.45) is -4.58. The normalized spacial score (nSPS) is 19.0. The number of rotatable bonds is 3. The quantitative estimate of drug-likeness (QED) is 0.913. The highest BCUT2D eigenvalue weighted by Gasteiger charge is 2.52. The smallest absolute Gasteiger partial charge is 0.410 e. The summed E-state index contributed by atoms with van der Waals surface area (Å²) in [5, 5.41) is 2.34. The summed E-state index contributed by atoms with van der Waals surface area (Å²) in [5.41, 5.74) is 1.45. The average molecular weight is 352 g/mol. The Hall–Kier alpha value is -2.28. The van der Waals surface area contributed by atoms with Gasteiger partial charge >= 0.3 is 6.18 Å². The van der Waals surface area contributed by atoms with Crippen LogP contribution in [0.3, 0.4) is 0 Å². The van der Waals surface area contributed by atoms with Gasteiger partial charge in [-0.3, -0.25) is 10.2 Å². The standard InChI is InChI=1S/C18H19F3N2O2/c1-17(2)10-23(22-16(17)24)15(18(19,20)21)13-9-8-11-6-4-5-7-12(11)14(13)25-3/h4-9,15H,10H2,1-3H3,(H,22,24)/t15-/m0/s1. The molecule has 0 unspecified atom stereocenters. The highest BCUT2D eigenvalue weighted by Crippen LogP contribution is 2.45. The number of fused-ring (bicyclic) bond motifs is 1. The fourth-order valence-electron chi connectivity index (χ4n) is 3.20. The van der Waals surface area contributed by atoms with Gasteiger partial charge in [0.2, 0.25) is 5.91 Å². The lowest BCUT2D eigenvalue weighted by atomic mass is 9.93. The third-order valence-corrected chi connectivity index (χ3v) is 4.46. The molecule has 3 rings (SSSR count). The Balaban J connectivity index is 2.15. The molecule has 0 aromatic heterocycles. The zero-order valence-corrected chi connectivity index (χ0v) is 14.1. The van der Waals surface area contributed by atoms with Crippen molar-refractivity contribution in [2.45, 2.75) is 26.1 Å². The first kappa shape index (κ1) is 17.5. The maximum Gasteiger partial charge on any atom is 0.410 e. The number of hydrogen-bond donors (Lipinski definition) is 1. The number of alkyl halides is 3. The lowest BCUT2D eigenvalue weighted by molar-refractivity contribution is -0.191. The van der Waals surface area contributed by atoms with Gasteiger partial charge in [-0.1, -0.05) is 36.4 Å². The second-order valence-corrected chi connectivity index (χ2v) is 6.81. The van der Waals surface area contributed by atoms with Crippen LogP contribution in [0.1, 0.15) is 25.5 Å². The van der Waals surface area contributed by atoms with Crippen LogP contribution in [0.5, 0.6) is 5.75 Å². The fourth-order valence-corrected chi connectivity index (χ4v) is 3.20. The second-order valence-electron chi connectivity index (χ2n) is 6.81. The number of methoxy groups -OCH3 is 1. The number of carbonyl (C=O) groups excluding carboxylic acids is 1. The Morgan fingerprint density at radius 1 is 1.20 bits per heavy atom. The van der Waals surface area contributed by atoms with E-state index in [-0.39, 0.29) is 17.9 Å². The van der Waals surface area contributed by atoms with Crippen LogP contribution in [0.4, 0.5) is 13.2 Å². The molecular weight excluding hydrogens is 333 g/mol. The summed E-state index contributed by atoms with van der Waals surface area (Å²) in [4.78, 5) is 12.0. The molecule has 0 radical (unpaired) electrons. The Morgan fingerprint density at radius 3 is 2.44 bits per heavy atom. The van der Waals surface area contributed by atoms with E-state index in [9.17, 15) is 18.0 Å². The molecule has 25 heavy (non-hydrogen) atoms. The molecule has 0 bridgehead atoms. The van der Waals surface area contributed by atoms with Crippen LogP contribution in [0.25, 0.3) is 10.8 Å². The van der Waals surface area contributed by atoms with Crippen molar-refractivity contribution >= 4 is 16.7 Å². The van der Waals surface area contributed by atoms with Gasteiger partial charge in [-0.15, -0.1) is 0 Å². The first-order valence-electron chi connectivity index (χ1n) is 7.85. The van der Waals surface area contributed by atoms with Gasteiger partial charge in [0.1, 0.15) is 5.75 Å². The molecule has 1 saturated heterocycles. The molecule has 1 amide bonds. The number of halogens is 3. The van der Waals surface area contributed by atoms with Crippen LogP contribution < -0.4 is 10.2 Å². The number of amides is 1. The number of hydrogen-bond acceptors (Lipinski definition) is 3. The van der Waals surface area contributed by atoms with Crippen LogP contribution in [0, 0.1) is 5.41 Å². The van der Waals surface area contributed by atoms with Crippen molar-refractivity contribution in [1.29, 1.82) is 0 Å². The predicted octanol–water partition coefficient (Wildman–Crippen LogP) is 3.82. The van der Waals surface area contributed by atoms with Crippen molar-refractivity contribution in [3.8, 4) is 5.75 Å². The van der Waals surface area contributed by atoms with Crippen LogP contribution in [0.2, 0.25) is 0 Å². The van der Waals surface area contributed by atoms with E-state index in [4.69, 9.17) is 4.74 Å². The van der Waals surface area contributed by atoms with Gasteiger partial charge in [-0.2, -0.15) is 13.2 Å². The molecule has 0 spiro atoms. The third kappa shape index (κ3) is 3.04. The maximum atomic E-state index is 13.9. The van der Waals surface area contributed by atoms with Crippen molar-refractivity contribution in [3.63, 3.8) is 0 Å². The van der Waals surface area contributed by atoms with E-state index < -0.39 is 23.5 Å². The minimum Gasteiger partial charge on any atom is -0.496 e. The second kappa shape index (κ2) is 5.91. The number of nitrogens with one attached hydrogen (secondary N) is 1. The van der Waals surface area contributed by atoms with Crippen molar-refractivity contribution in [2.75, 3.05) is 13.7 Å². The zero-order chi connectivity index (χ0) is 18.4. The van der Waals surface area contributed by atoms with Gasteiger partial charge in [0, 0.05) is 17.5 Å². The summed E-state index contributed by atoms with van der Waals surface area (Å²) in [7, 11) is 1.35.